The Morgan fingerprint density at radius 2 is 1.96 bits per heavy atom. The van der Waals surface area contributed by atoms with Gasteiger partial charge >= 0.3 is 12.0 Å². The van der Waals surface area contributed by atoms with Crippen LogP contribution < -0.4 is 15.4 Å². The smallest absolute Gasteiger partial charge is 0.338 e. The number of carbonyl (C=O) groups is 3. The summed E-state index contributed by atoms with van der Waals surface area (Å²) in [6.45, 7) is 4.11. The molecule has 27 heavy (non-hydrogen) atoms. The molecule has 2 rings (SSSR count). The highest BCUT2D eigenvalue weighted by Crippen LogP contribution is 2.15. The molecule has 0 atom stereocenters. The summed E-state index contributed by atoms with van der Waals surface area (Å²) < 4.78 is 15.5. The van der Waals surface area contributed by atoms with Crippen molar-refractivity contribution in [1.82, 2.24) is 10.6 Å². The minimum absolute atomic E-state index is 0.134. The molecule has 1 aromatic carbocycles. The third-order valence-electron chi connectivity index (χ3n) is 3.24. The standard InChI is InChI=1S/C19H22N2O6/c1-13(2)11-26-15-6-3-5-14(9-15)18(23)27-12-17(22)21-19(24)20-10-16-7-4-8-25-16/h3-9,13H,10-12H2,1-2H3,(H2,20,21,22,24). The first-order valence-corrected chi connectivity index (χ1v) is 8.44. The summed E-state index contributed by atoms with van der Waals surface area (Å²) >= 11 is 0. The lowest BCUT2D eigenvalue weighted by molar-refractivity contribution is -0.123. The molecule has 2 aromatic rings. The van der Waals surface area contributed by atoms with Crippen molar-refractivity contribution >= 4 is 17.9 Å². The van der Waals surface area contributed by atoms with Crippen LogP contribution in [0.15, 0.2) is 47.1 Å². The van der Waals surface area contributed by atoms with Crippen molar-refractivity contribution in [1.29, 1.82) is 0 Å². The van der Waals surface area contributed by atoms with Crippen molar-refractivity contribution in [3.63, 3.8) is 0 Å². The van der Waals surface area contributed by atoms with Gasteiger partial charge in [0.05, 0.1) is 25.0 Å². The first-order chi connectivity index (χ1) is 12.9. The Balaban J connectivity index is 1.74. The highest BCUT2D eigenvalue weighted by atomic mass is 16.5. The number of rotatable bonds is 8. The molecule has 1 heterocycles. The molecule has 0 aliphatic carbocycles. The van der Waals surface area contributed by atoms with Crippen LogP contribution >= 0.6 is 0 Å². The van der Waals surface area contributed by atoms with Crippen molar-refractivity contribution in [2.75, 3.05) is 13.2 Å². The van der Waals surface area contributed by atoms with Gasteiger partial charge in [0.25, 0.3) is 5.91 Å². The van der Waals surface area contributed by atoms with Crippen LogP contribution in [0, 0.1) is 5.92 Å². The first kappa shape index (κ1) is 20.0. The molecule has 0 saturated carbocycles. The summed E-state index contributed by atoms with van der Waals surface area (Å²) in [5, 5.41) is 4.50. The molecule has 1 aromatic heterocycles. The maximum absolute atomic E-state index is 12.0. The van der Waals surface area contributed by atoms with Crippen LogP contribution in [0.5, 0.6) is 5.75 Å². The monoisotopic (exact) mass is 374 g/mol. The van der Waals surface area contributed by atoms with Crippen LogP contribution in [0.1, 0.15) is 30.0 Å². The highest BCUT2D eigenvalue weighted by molar-refractivity contribution is 5.97. The molecular weight excluding hydrogens is 352 g/mol. The second-order valence-electron chi connectivity index (χ2n) is 6.12. The molecule has 144 valence electrons. The summed E-state index contributed by atoms with van der Waals surface area (Å²) in [5.41, 5.74) is 0.256. The number of amides is 3. The van der Waals surface area contributed by atoms with E-state index in [2.05, 4.69) is 10.6 Å². The zero-order valence-electron chi connectivity index (χ0n) is 15.2. The van der Waals surface area contributed by atoms with E-state index in [9.17, 15) is 14.4 Å². The molecule has 2 N–H and O–H groups in total. The van der Waals surface area contributed by atoms with Crippen LogP contribution in [0.4, 0.5) is 4.79 Å². The van der Waals surface area contributed by atoms with E-state index in [-0.39, 0.29) is 12.1 Å². The zero-order chi connectivity index (χ0) is 19.6. The van der Waals surface area contributed by atoms with Gasteiger partial charge in [-0.1, -0.05) is 19.9 Å². The maximum Gasteiger partial charge on any atom is 0.338 e. The van der Waals surface area contributed by atoms with Crippen molar-refractivity contribution in [2.45, 2.75) is 20.4 Å². The SMILES string of the molecule is CC(C)COc1cccc(C(=O)OCC(=O)NC(=O)NCc2ccco2)c1. The van der Waals surface area contributed by atoms with Gasteiger partial charge in [0.2, 0.25) is 0 Å². The minimum Gasteiger partial charge on any atom is -0.493 e. The number of nitrogens with one attached hydrogen (secondary N) is 2. The molecule has 0 aliphatic rings. The molecule has 0 spiro atoms. The number of esters is 1. The number of furan rings is 1. The number of imide groups is 1. The topological polar surface area (TPSA) is 107 Å². The average Bonchev–Trinajstić information content (AvgIpc) is 3.16. The maximum atomic E-state index is 12.0. The Labute approximate surface area is 156 Å². The molecule has 0 saturated heterocycles. The third kappa shape index (κ3) is 7.23. The Hall–Kier alpha value is -3.29. The van der Waals surface area contributed by atoms with Crippen LogP contribution in [-0.4, -0.2) is 31.1 Å². The molecule has 8 nitrogen and oxygen atoms in total. The number of hydrogen-bond donors (Lipinski definition) is 2. The van der Waals surface area contributed by atoms with Crippen molar-refractivity contribution in [3.8, 4) is 5.75 Å². The van der Waals surface area contributed by atoms with Crippen LogP contribution in [-0.2, 0) is 16.1 Å². The quantitative estimate of drug-likeness (QED) is 0.688. The van der Waals surface area contributed by atoms with Gasteiger partial charge in [-0.05, 0) is 36.2 Å². The number of hydrogen-bond acceptors (Lipinski definition) is 6. The molecular formula is C19H22N2O6. The lowest BCUT2D eigenvalue weighted by Crippen LogP contribution is -2.41. The van der Waals surface area contributed by atoms with E-state index in [0.29, 0.717) is 24.0 Å². The molecule has 0 aliphatic heterocycles. The molecule has 3 amide bonds. The normalized spacial score (nSPS) is 10.3. The Bertz CT molecular complexity index is 770. The van der Waals surface area contributed by atoms with Gasteiger partial charge < -0.3 is 19.2 Å². The van der Waals surface area contributed by atoms with E-state index in [4.69, 9.17) is 13.9 Å². The highest BCUT2D eigenvalue weighted by Gasteiger charge is 2.13. The number of benzene rings is 1. The van der Waals surface area contributed by atoms with Gasteiger partial charge in [-0.15, -0.1) is 0 Å². The van der Waals surface area contributed by atoms with E-state index in [0.717, 1.165) is 0 Å². The van der Waals surface area contributed by atoms with E-state index in [1.165, 1.54) is 6.26 Å². The van der Waals surface area contributed by atoms with E-state index in [1.54, 1.807) is 36.4 Å². The average molecular weight is 374 g/mol. The van der Waals surface area contributed by atoms with Crippen molar-refractivity contribution in [3.05, 3.63) is 54.0 Å². The zero-order valence-corrected chi connectivity index (χ0v) is 15.2. The molecule has 0 bridgehead atoms. The summed E-state index contributed by atoms with van der Waals surface area (Å²) in [6.07, 6.45) is 1.47. The molecule has 0 radical (unpaired) electrons. The number of carbonyl (C=O) groups excluding carboxylic acids is 3. The van der Waals surface area contributed by atoms with E-state index in [1.807, 2.05) is 13.8 Å². The second-order valence-corrected chi connectivity index (χ2v) is 6.12. The summed E-state index contributed by atoms with van der Waals surface area (Å²) in [6, 6.07) is 9.14. The third-order valence-corrected chi connectivity index (χ3v) is 3.24. The number of ether oxygens (including phenoxy) is 2. The second kappa shape index (κ2) is 10.0. The largest absolute Gasteiger partial charge is 0.493 e. The fourth-order valence-corrected chi connectivity index (χ4v) is 1.98. The lowest BCUT2D eigenvalue weighted by atomic mass is 10.2. The first-order valence-electron chi connectivity index (χ1n) is 8.44. The fraction of sp³-hybridized carbons (Fsp3) is 0.316. The van der Waals surface area contributed by atoms with Gasteiger partial charge in [-0.3, -0.25) is 10.1 Å². The summed E-state index contributed by atoms with van der Waals surface area (Å²) in [7, 11) is 0. The van der Waals surface area contributed by atoms with Crippen molar-refractivity contribution < 1.29 is 28.3 Å². The Morgan fingerprint density at radius 3 is 2.67 bits per heavy atom. The van der Waals surface area contributed by atoms with E-state index >= 15 is 0 Å². The summed E-state index contributed by atoms with van der Waals surface area (Å²) in [4.78, 5) is 35.3. The van der Waals surface area contributed by atoms with E-state index < -0.39 is 24.5 Å². The lowest BCUT2D eigenvalue weighted by Gasteiger charge is -2.10. The van der Waals surface area contributed by atoms with Gasteiger partial charge in [0.15, 0.2) is 6.61 Å². The predicted molar refractivity (Wildman–Crippen MR) is 96.1 cm³/mol. The fourth-order valence-electron chi connectivity index (χ4n) is 1.98. The number of urea groups is 1. The van der Waals surface area contributed by atoms with Gasteiger partial charge in [-0.2, -0.15) is 0 Å². The van der Waals surface area contributed by atoms with Gasteiger partial charge in [0, 0.05) is 0 Å². The molecule has 8 heteroatoms. The summed E-state index contributed by atoms with van der Waals surface area (Å²) in [5.74, 6) is 0.00961. The molecule has 0 fully saturated rings. The van der Waals surface area contributed by atoms with Gasteiger partial charge in [-0.25, -0.2) is 9.59 Å². The minimum atomic E-state index is -0.743. The van der Waals surface area contributed by atoms with Crippen LogP contribution in [0.3, 0.4) is 0 Å². The van der Waals surface area contributed by atoms with Crippen LogP contribution in [0.2, 0.25) is 0 Å². The Kier molecular flexibility index (Phi) is 7.42. The van der Waals surface area contributed by atoms with Crippen molar-refractivity contribution in [2.24, 2.45) is 5.92 Å². The Morgan fingerprint density at radius 1 is 1.15 bits per heavy atom. The molecule has 0 unspecified atom stereocenters. The predicted octanol–water partition coefficient (Wildman–Crippen LogP) is 2.50. The van der Waals surface area contributed by atoms with Crippen LogP contribution in [0.25, 0.3) is 0 Å². The van der Waals surface area contributed by atoms with Gasteiger partial charge in [0.1, 0.15) is 11.5 Å².